The molecule has 0 saturated carbocycles. The van der Waals surface area contributed by atoms with Gasteiger partial charge in [-0.25, -0.2) is 4.79 Å². The third-order valence-corrected chi connectivity index (χ3v) is 5.70. The zero-order chi connectivity index (χ0) is 21.7. The maximum absolute atomic E-state index is 12.6. The van der Waals surface area contributed by atoms with Gasteiger partial charge in [0, 0.05) is 16.4 Å². The zero-order valence-electron chi connectivity index (χ0n) is 17.2. The maximum atomic E-state index is 12.6. The van der Waals surface area contributed by atoms with Crippen LogP contribution in [0.1, 0.15) is 43.9 Å². The van der Waals surface area contributed by atoms with E-state index in [0.717, 1.165) is 22.9 Å². The van der Waals surface area contributed by atoms with Crippen molar-refractivity contribution < 1.29 is 18.7 Å². The van der Waals surface area contributed by atoms with Crippen molar-refractivity contribution in [3.05, 3.63) is 47.2 Å². The number of esters is 1. The minimum absolute atomic E-state index is 0.0760. The standard InChI is InChI=1S/C21H23N3O4S2/c1-5-27-18(26)16-14(13-9-7-6-8-10-13)11-29-17(16)22-15(25)12-30-20-24-23-19(28-20)21(2,3)4/h6-11H,5,12H2,1-4H3,(H,22,25). The highest BCUT2D eigenvalue weighted by Crippen LogP contribution is 2.36. The molecule has 0 unspecified atom stereocenters. The van der Waals surface area contributed by atoms with Crippen molar-refractivity contribution in [1.29, 1.82) is 0 Å². The number of benzene rings is 1. The lowest BCUT2D eigenvalue weighted by Crippen LogP contribution is -2.16. The van der Waals surface area contributed by atoms with Crippen LogP contribution >= 0.6 is 23.1 Å². The molecule has 2 aromatic heterocycles. The van der Waals surface area contributed by atoms with E-state index in [4.69, 9.17) is 9.15 Å². The van der Waals surface area contributed by atoms with Crippen LogP contribution in [-0.2, 0) is 14.9 Å². The van der Waals surface area contributed by atoms with Crippen LogP contribution in [0.15, 0.2) is 45.4 Å². The molecular formula is C21H23N3O4S2. The van der Waals surface area contributed by atoms with Gasteiger partial charge in [0.15, 0.2) is 0 Å². The molecule has 0 saturated heterocycles. The number of carbonyl (C=O) groups excluding carboxylic acids is 2. The van der Waals surface area contributed by atoms with Gasteiger partial charge in [-0.15, -0.1) is 21.5 Å². The second kappa shape index (κ2) is 9.44. The van der Waals surface area contributed by atoms with E-state index in [2.05, 4.69) is 15.5 Å². The molecule has 9 heteroatoms. The molecule has 2 heterocycles. The summed E-state index contributed by atoms with van der Waals surface area (Å²) in [6.45, 7) is 7.91. The van der Waals surface area contributed by atoms with Crippen LogP contribution in [-0.4, -0.2) is 34.4 Å². The molecule has 30 heavy (non-hydrogen) atoms. The lowest BCUT2D eigenvalue weighted by molar-refractivity contribution is -0.113. The van der Waals surface area contributed by atoms with E-state index in [1.165, 1.54) is 11.3 Å². The average Bonchev–Trinajstić information content (AvgIpc) is 3.34. The second-order valence-corrected chi connectivity index (χ2v) is 9.21. The van der Waals surface area contributed by atoms with E-state index >= 15 is 0 Å². The van der Waals surface area contributed by atoms with Crippen LogP contribution in [0, 0.1) is 0 Å². The molecule has 3 aromatic rings. The predicted octanol–water partition coefficient (Wildman–Crippen LogP) is 5.00. The number of nitrogens with zero attached hydrogens (tertiary/aromatic N) is 2. The van der Waals surface area contributed by atoms with Gasteiger partial charge in [0.1, 0.15) is 10.6 Å². The van der Waals surface area contributed by atoms with Crippen LogP contribution in [0.4, 0.5) is 5.00 Å². The van der Waals surface area contributed by atoms with Crippen molar-refractivity contribution in [3.8, 4) is 11.1 Å². The summed E-state index contributed by atoms with van der Waals surface area (Å²) in [4.78, 5) is 25.1. The van der Waals surface area contributed by atoms with E-state index in [1.807, 2.05) is 56.5 Å². The molecular weight excluding hydrogens is 422 g/mol. The number of rotatable bonds is 7. The minimum atomic E-state index is -0.465. The number of amides is 1. The fraction of sp³-hybridized carbons (Fsp3) is 0.333. The number of ether oxygens (including phenoxy) is 1. The van der Waals surface area contributed by atoms with Crippen molar-refractivity contribution in [2.45, 2.75) is 38.3 Å². The number of thioether (sulfide) groups is 1. The number of hydrogen-bond donors (Lipinski definition) is 1. The van der Waals surface area contributed by atoms with Gasteiger partial charge in [-0.2, -0.15) is 0 Å². The number of aromatic nitrogens is 2. The van der Waals surface area contributed by atoms with E-state index < -0.39 is 5.97 Å². The Labute approximate surface area is 183 Å². The van der Waals surface area contributed by atoms with Crippen molar-refractivity contribution in [1.82, 2.24) is 10.2 Å². The van der Waals surface area contributed by atoms with E-state index in [0.29, 0.717) is 21.7 Å². The van der Waals surface area contributed by atoms with Crippen LogP contribution < -0.4 is 5.32 Å². The second-order valence-electron chi connectivity index (χ2n) is 7.40. The molecule has 0 atom stereocenters. The number of anilines is 1. The number of thiophene rings is 1. The summed E-state index contributed by atoms with van der Waals surface area (Å²) in [5.41, 5.74) is 1.72. The topological polar surface area (TPSA) is 94.3 Å². The first-order chi connectivity index (χ1) is 14.3. The molecule has 7 nitrogen and oxygen atoms in total. The summed E-state index contributed by atoms with van der Waals surface area (Å²) in [6, 6.07) is 9.52. The molecule has 0 aliphatic carbocycles. The molecule has 0 bridgehead atoms. The van der Waals surface area contributed by atoms with Gasteiger partial charge in [0.05, 0.1) is 12.4 Å². The summed E-state index contributed by atoms with van der Waals surface area (Å²) in [6.07, 6.45) is 0. The number of carbonyl (C=O) groups is 2. The fourth-order valence-corrected chi connectivity index (χ4v) is 4.08. The van der Waals surface area contributed by atoms with Crippen molar-refractivity contribution in [3.63, 3.8) is 0 Å². The van der Waals surface area contributed by atoms with Gasteiger partial charge in [-0.1, -0.05) is 62.9 Å². The zero-order valence-corrected chi connectivity index (χ0v) is 18.9. The highest BCUT2D eigenvalue weighted by molar-refractivity contribution is 7.99. The smallest absolute Gasteiger partial charge is 0.341 e. The Balaban J connectivity index is 1.74. The Hall–Kier alpha value is -2.65. The van der Waals surface area contributed by atoms with Crippen LogP contribution in [0.25, 0.3) is 11.1 Å². The van der Waals surface area contributed by atoms with Gasteiger partial charge in [0.25, 0.3) is 5.22 Å². The van der Waals surface area contributed by atoms with Crippen LogP contribution in [0.2, 0.25) is 0 Å². The summed E-state index contributed by atoms with van der Waals surface area (Å²) in [5, 5.41) is 13.4. The first kappa shape index (κ1) is 22.0. The summed E-state index contributed by atoms with van der Waals surface area (Å²) in [5.74, 6) is -0.150. The molecule has 1 amide bonds. The lowest BCUT2D eigenvalue weighted by atomic mass is 9.97. The van der Waals surface area contributed by atoms with Gasteiger partial charge in [-0.05, 0) is 12.5 Å². The minimum Gasteiger partial charge on any atom is -0.462 e. The van der Waals surface area contributed by atoms with Gasteiger partial charge >= 0.3 is 5.97 Å². The third kappa shape index (κ3) is 5.28. The van der Waals surface area contributed by atoms with E-state index in [-0.39, 0.29) is 23.7 Å². The van der Waals surface area contributed by atoms with Crippen molar-refractivity contribution >= 4 is 40.0 Å². The van der Waals surface area contributed by atoms with E-state index in [9.17, 15) is 9.59 Å². The third-order valence-electron chi connectivity index (χ3n) is 3.98. The van der Waals surface area contributed by atoms with Crippen LogP contribution in [0.3, 0.4) is 0 Å². The Morgan fingerprint density at radius 2 is 1.93 bits per heavy atom. The molecule has 0 radical (unpaired) electrons. The van der Waals surface area contributed by atoms with Crippen molar-refractivity contribution in [2.24, 2.45) is 0 Å². The molecule has 0 aliphatic heterocycles. The van der Waals surface area contributed by atoms with Crippen molar-refractivity contribution in [2.75, 3.05) is 17.7 Å². The Kier molecular flexibility index (Phi) is 6.94. The van der Waals surface area contributed by atoms with Gasteiger partial charge in [0.2, 0.25) is 11.8 Å². The molecule has 0 fully saturated rings. The quantitative estimate of drug-likeness (QED) is 0.404. The first-order valence-corrected chi connectivity index (χ1v) is 11.3. The normalized spacial score (nSPS) is 11.3. The highest BCUT2D eigenvalue weighted by Gasteiger charge is 2.24. The number of nitrogens with one attached hydrogen (secondary N) is 1. The largest absolute Gasteiger partial charge is 0.462 e. The first-order valence-electron chi connectivity index (χ1n) is 9.40. The fourth-order valence-electron chi connectivity index (χ4n) is 2.55. The number of hydrogen-bond acceptors (Lipinski definition) is 8. The predicted molar refractivity (Wildman–Crippen MR) is 118 cm³/mol. The Bertz CT molecular complexity index is 1020. The molecule has 158 valence electrons. The molecule has 1 aromatic carbocycles. The summed E-state index contributed by atoms with van der Waals surface area (Å²) in [7, 11) is 0. The molecule has 0 spiro atoms. The average molecular weight is 446 g/mol. The molecule has 0 aliphatic rings. The van der Waals surface area contributed by atoms with Gasteiger partial charge in [-0.3, -0.25) is 4.79 Å². The maximum Gasteiger partial charge on any atom is 0.341 e. The summed E-state index contributed by atoms with van der Waals surface area (Å²) < 4.78 is 10.8. The SMILES string of the molecule is CCOC(=O)c1c(-c2ccccc2)csc1NC(=O)CSc1nnc(C(C)(C)C)o1. The lowest BCUT2D eigenvalue weighted by Gasteiger charge is -2.10. The summed E-state index contributed by atoms with van der Waals surface area (Å²) >= 11 is 2.44. The monoisotopic (exact) mass is 445 g/mol. The Morgan fingerprint density at radius 3 is 2.57 bits per heavy atom. The Morgan fingerprint density at radius 1 is 1.20 bits per heavy atom. The molecule has 1 N–H and O–H groups in total. The van der Waals surface area contributed by atoms with Gasteiger partial charge < -0.3 is 14.5 Å². The van der Waals surface area contributed by atoms with Crippen LogP contribution in [0.5, 0.6) is 0 Å². The van der Waals surface area contributed by atoms with E-state index in [1.54, 1.807) is 6.92 Å². The highest BCUT2D eigenvalue weighted by atomic mass is 32.2. The molecule has 3 rings (SSSR count).